The Balaban J connectivity index is 2.40. The molecule has 2 aromatic rings. The van der Waals surface area contributed by atoms with Crippen LogP contribution in [-0.4, -0.2) is 19.7 Å². The smallest absolute Gasteiger partial charge is 0.282 e. The predicted molar refractivity (Wildman–Crippen MR) is 76.1 cm³/mol. The number of hydrogen-bond acceptors (Lipinski definition) is 5. The van der Waals surface area contributed by atoms with E-state index in [1.807, 2.05) is 18.2 Å². The number of aliphatic imine (C=N–C) groups is 1. The van der Waals surface area contributed by atoms with Crippen LogP contribution in [0, 0.1) is 0 Å². The van der Waals surface area contributed by atoms with Gasteiger partial charge >= 0.3 is 0 Å². The highest BCUT2D eigenvalue weighted by molar-refractivity contribution is 7.86. The molecule has 0 amide bonds. The van der Waals surface area contributed by atoms with Gasteiger partial charge in [-0.2, -0.15) is 18.6 Å². The van der Waals surface area contributed by atoms with Gasteiger partial charge in [0.25, 0.3) is 10.1 Å². The minimum atomic E-state index is -4.39. The molecule has 0 bridgehead atoms. The summed E-state index contributed by atoms with van der Waals surface area (Å²) >= 11 is 0. The third kappa shape index (κ3) is 3.34. The summed E-state index contributed by atoms with van der Waals surface area (Å²) in [7, 11) is -4.39. The Bertz CT molecular complexity index is 756. The van der Waals surface area contributed by atoms with E-state index < -0.39 is 10.1 Å². The van der Waals surface area contributed by atoms with Gasteiger partial charge in [0.1, 0.15) is 4.90 Å². The van der Waals surface area contributed by atoms with Gasteiger partial charge in [-0.15, -0.1) is 0 Å². The number of azo groups is 1. The van der Waals surface area contributed by atoms with Crippen molar-refractivity contribution in [3.63, 3.8) is 0 Å². The first kappa shape index (κ1) is 14.0. The number of hydrogen-bond donors (Lipinski definition) is 1. The molecule has 7 heteroatoms. The Labute approximate surface area is 116 Å². The van der Waals surface area contributed by atoms with Crippen molar-refractivity contribution in [1.82, 2.24) is 0 Å². The molecule has 20 heavy (non-hydrogen) atoms. The molecule has 0 radical (unpaired) electrons. The highest BCUT2D eigenvalue weighted by atomic mass is 32.2. The van der Waals surface area contributed by atoms with Gasteiger partial charge in [-0.1, -0.05) is 18.2 Å². The molecule has 6 nitrogen and oxygen atoms in total. The van der Waals surface area contributed by atoms with Crippen LogP contribution in [0.15, 0.2) is 68.6 Å². The standard InChI is InChI=1S/C13H11N3O3S/c1-14-12-8-7-11(9-13(12)20(17,18)19)16-15-10-5-3-2-4-6-10/h2-9H,1H2,(H,17,18,19). The second-order valence-corrected chi connectivity index (χ2v) is 5.21. The Hall–Kier alpha value is -2.38. The maximum absolute atomic E-state index is 11.2. The van der Waals surface area contributed by atoms with Crippen molar-refractivity contribution in [2.24, 2.45) is 15.2 Å². The van der Waals surface area contributed by atoms with Crippen LogP contribution < -0.4 is 0 Å². The van der Waals surface area contributed by atoms with Crippen molar-refractivity contribution in [2.45, 2.75) is 4.90 Å². The van der Waals surface area contributed by atoms with Gasteiger partial charge in [0, 0.05) is 0 Å². The highest BCUT2D eigenvalue weighted by Crippen LogP contribution is 2.29. The molecule has 0 aliphatic rings. The van der Waals surface area contributed by atoms with Crippen molar-refractivity contribution >= 4 is 33.9 Å². The first-order valence-corrected chi connectivity index (χ1v) is 7.00. The molecule has 0 saturated carbocycles. The van der Waals surface area contributed by atoms with E-state index in [9.17, 15) is 8.42 Å². The Kier molecular flexibility index (Phi) is 4.02. The zero-order valence-corrected chi connectivity index (χ0v) is 11.2. The SMILES string of the molecule is C=Nc1ccc(N=Nc2ccccc2)cc1S(=O)(=O)O. The summed E-state index contributed by atoms with van der Waals surface area (Å²) in [5, 5.41) is 7.87. The summed E-state index contributed by atoms with van der Waals surface area (Å²) in [4.78, 5) is 3.18. The van der Waals surface area contributed by atoms with Gasteiger partial charge in [-0.05, 0) is 37.0 Å². The Morgan fingerprint density at radius 2 is 1.60 bits per heavy atom. The van der Waals surface area contributed by atoms with Crippen molar-refractivity contribution < 1.29 is 13.0 Å². The molecule has 0 fully saturated rings. The summed E-state index contributed by atoms with van der Waals surface area (Å²) in [5.74, 6) is 0. The first-order valence-electron chi connectivity index (χ1n) is 5.56. The van der Waals surface area contributed by atoms with Crippen LogP contribution >= 0.6 is 0 Å². The van der Waals surface area contributed by atoms with Crippen LogP contribution in [0.4, 0.5) is 17.1 Å². The molecule has 2 aromatic carbocycles. The molecule has 0 unspecified atom stereocenters. The quantitative estimate of drug-likeness (QED) is 0.528. The zero-order chi connectivity index (χ0) is 14.6. The normalized spacial score (nSPS) is 11.7. The number of benzene rings is 2. The van der Waals surface area contributed by atoms with E-state index >= 15 is 0 Å². The Morgan fingerprint density at radius 3 is 2.20 bits per heavy atom. The minimum Gasteiger partial charge on any atom is -0.282 e. The topological polar surface area (TPSA) is 91.5 Å². The van der Waals surface area contributed by atoms with Crippen LogP contribution in [0.3, 0.4) is 0 Å². The molecule has 1 N–H and O–H groups in total. The summed E-state index contributed by atoms with van der Waals surface area (Å²) in [6.07, 6.45) is 0. The van der Waals surface area contributed by atoms with Crippen molar-refractivity contribution in [3.8, 4) is 0 Å². The molecule has 0 spiro atoms. The summed E-state index contributed by atoms with van der Waals surface area (Å²) in [6.45, 7) is 3.25. The first-order chi connectivity index (χ1) is 9.50. The summed E-state index contributed by atoms with van der Waals surface area (Å²) in [5.41, 5.74) is 0.979. The largest absolute Gasteiger partial charge is 0.296 e. The second-order valence-electron chi connectivity index (χ2n) is 3.82. The second kappa shape index (κ2) is 5.72. The van der Waals surface area contributed by atoms with Crippen molar-refractivity contribution in [3.05, 3.63) is 48.5 Å². The molecule has 0 saturated heterocycles. The third-order valence-electron chi connectivity index (χ3n) is 2.43. The maximum Gasteiger partial charge on any atom is 0.296 e. The van der Waals surface area contributed by atoms with E-state index in [1.165, 1.54) is 18.2 Å². The average Bonchev–Trinajstić information content (AvgIpc) is 2.45. The van der Waals surface area contributed by atoms with Gasteiger partial charge in [0.15, 0.2) is 0 Å². The van der Waals surface area contributed by atoms with Crippen LogP contribution in [-0.2, 0) is 10.1 Å². The van der Waals surface area contributed by atoms with E-state index in [0.717, 1.165) is 0 Å². The van der Waals surface area contributed by atoms with E-state index in [0.29, 0.717) is 5.69 Å². The number of rotatable bonds is 4. The molecule has 102 valence electrons. The monoisotopic (exact) mass is 289 g/mol. The van der Waals surface area contributed by atoms with Gasteiger partial charge in [0.2, 0.25) is 0 Å². The van der Waals surface area contributed by atoms with E-state index in [4.69, 9.17) is 4.55 Å². The van der Waals surface area contributed by atoms with Gasteiger partial charge in [0.05, 0.1) is 17.1 Å². The molecular formula is C13H11N3O3S. The van der Waals surface area contributed by atoms with E-state index in [-0.39, 0.29) is 16.3 Å². The van der Waals surface area contributed by atoms with E-state index in [1.54, 1.807) is 12.1 Å². The van der Waals surface area contributed by atoms with Gasteiger partial charge in [-0.25, -0.2) is 0 Å². The lowest BCUT2D eigenvalue weighted by atomic mass is 10.3. The molecule has 0 aromatic heterocycles. The molecule has 0 atom stereocenters. The zero-order valence-electron chi connectivity index (χ0n) is 10.3. The molecular weight excluding hydrogens is 278 g/mol. The summed E-state index contributed by atoms with van der Waals surface area (Å²) in [6, 6.07) is 13.1. The summed E-state index contributed by atoms with van der Waals surface area (Å²) < 4.78 is 31.6. The van der Waals surface area contributed by atoms with Crippen LogP contribution in [0.1, 0.15) is 0 Å². The van der Waals surface area contributed by atoms with Crippen LogP contribution in [0.2, 0.25) is 0 Å². The highest BCUT2D eigenvalue weighted by Gasteiger charge is 2.15. The van der Waals surface area contributed by atoms with E-state index in [2.05, 4.69) is 21.9 Å². The van der Waals surface area contributed by atoms with Crippen LogP contribution in [0.5, 0.6) is 0 Å². The van der Waals surface area contributed by atoms with Gasteiger partial charge in [-0.3, -0.25) is 9.55 Å². The predicted octanol–water partition coefficient (Wildman–Crippen LogP) is 3.68. The molecule has 2 rings (SSSR count). The maximum atomic E-state index is 11.2. The molecule has 0 aliphatic heterocycles. The van der Waals surface area contributed by atoms with Crippen molar-refractivity contribution in [2.75, 3.05) is 0 Å². The lowest BCUT2D eigenvalue weighted by molar-refractivity contribution is 0.483. The fourth-order valence-electron chi connectivity index (χ4n) is 1.51. The molecule has 0 aliphatic carbocycles. The Morgan fingerprint density at radius 1 is 0.950 bits per heavy atom. The minimum absolute atomic E-state index is 0.0613. The average molecular weight is 289 g/mol. The van der Waals surface area contributed by atoms with Crippen LogP contribution in [0.25, 0.3) is 0 Å². The molecule has 0 heterocycles. The number of nitrogens with zero attached hydrogens (tertiary/aromatic N) is 3. The van der Waals surface area contributed by atoms with Gasteiger partial charge < -0.3 is 0 Å². The fourth-order valence-corrected chi connectivity index (χ4v) is 2.18. The third-order valence-corrected chi connectivity index (χ3v) is 3.31. The lowest BCUT2D eigenvalue weighted by Gasteiger charge is -2.02. The fraction of sp³-hybridized carbons (Fsp3) is 0. The lowest BCUT2D eigenvalue weighted by Crippen LogP contribution is -1.97. The van der Waals surface area contributed by atoms with Crippen molar-refractivity contribution in [1.29, 1.82) is 0 Å².